The Morgan fingerprint density at radius 3 is 2.44 bits per heavy atom. The fraction of sp³-hybridized carbons (Fsp3) is 0.250. The molecule has 5 nitrogen and oxygen atoms in total. The minimum atomic E-state index is 0.589. The molecule has 0 bridgehead atoms. The monoisotopic (exact) mass is 311 g/mol. The number of methoxy groups -OCH3 is 2. The lowest BCUT2D eigenvalue weighted by molar-refractivity contribution is 0.356. The third-order valence-electron chi connectivity index (χ3n) is 2.64. The van der Waals surface area contributed by atoms with Crippen LogP contribution in [0.2, 0.25) is 0 Å². The molecular formula is C12H14BrN3O2. The van der Waals surface area contributed by atoms with Gasteiger partial charge in [0.1, 0.15) is 5.82 Å². The normalized spacial score (nSPS) is 10.4. The molecule has 0 radical (unpaired) electrons. The van der Waals surface area contributed by atoms with Gasteiger partial charge in [0, 0.05) is 23.2 Å². The van der Waals surface area contributed by atoms with E-state index in [4.69, 9.17) is 15.2 Å². The van der Waals surface area contributed by atoms with Crippen molar-refractivity contribution in [1.29, 1.82) is 0 Å². The Kier molecular flexibility index (Phi) is 3.47. The highest BCUT2D eigenvalue weighted by molar-refractivity contribution is 9.10. The molecule has 18 heavy (non-hydrogen) atoms. The molecule has 0 amide bonds. The van der Waals surface area contributed by atoms with Crippen LogP contribution >= 0.6 is 15.9 Å². The van der Waals surface area contributed by atoms with Crippen molar-refractivity contribution in [2.75, 3.05) is 20.0 Å². The fourth-order valence-corrected chi connectivity index (χ4v) is 2.17. The number of hydrogen-bond donors (Lipinski definition) is 1. The van der Waals surface area contributed by atoms with Crippen LogP contribution in [-0.4, -0.2) is 24.0 Å². The summed E-state index contributed by atoms with van der Waals surface area (Å²) in [6.07, 6.45) is 0. The van der Waals surface area contributed by atoms with Crippen molar-refractivity contribution in [3.63, 3.8) is 0 Å². The van der Waals surface area contributed by atoms with Crippen LogP contribution < -0.4 is 15.2 Å². The van der Waals surface area contributed by atoms with E-state index in [1.807, 2.05) is 12.1 Å². The third kappa shape index (κ3) is 2.15. The Morgan fingerprint density at radius 1 is 1.22 bits per heavy atom. The van der Waals surface area contributed by atoms with Gasteiger partial charge in [0.05, 0.1) is 19.9 Å². The summed E-state index contributed by atoms with van der Waals surface area (Å²) in [6.45, 7) is 0. The summed E-state index contributed by atoms with van der Waals surface area (Å²) in [6, 6.07) is 5.56. The van der Waals surface area contributed by atoms with E-state index in [2.05, 4.69) is 21.0 Å². The van der Waals surface area contributed by atoms with E-state index in [1.165, 1.54) is 0 Å². The second-order valence-corrected chi connectivity index (χ2v) is 4.68. The molecule has 6 heteroatoms. The molecule has 0 saturated carbocycles. The maximum absolute atomic E-state index is 5.79. The van der Waals surface area contributed by atoms with Crippen LogP contribution in [0, 0.1) is 0 Å². The van der Waals surface area contributed by atoms with Gasteiger partial charge >= 0.3 is 0 Å². The van der Waals surface area contributed by atoms with E-state index >= 15 is 0 Å². The molecule has 0 fully saturated rings. The first-order valence-corrected chi connectivity index (χ1v) is 6.07. The Hall–Kier alpha value is -1.69. The lowest BCUT2D eigenvalue weighted by Crippen LogP contribution is -1.97. The number of benzene rings is 1. The van der Waals surface area contributed by atoms with E-state index in [1.54, 1.807) is 32.0 Å². The highest BCUT2D eigenvalue weighted by Crippen LogP contribution is 2.40. The minimum absolute atomic E-state index is 0.589. The Balaban J connectivity index is 2.65. The van der Waals surface area contributed by atoms with Gasteiger partial charge in [-0.1, -0.05) is 15.9 Å². The van der Waals surface area contributed by atoms with E-state index in [0.717, 1.165) is 15.7 Å². The van der Waals surface area contributed by atoms with Crippen molar-refractivity contribution in [2.45, 2.75) is 0 Å². The fourth-order valence-electron chi connectivity index (χ4n) is 1.73. The molecule has 0 unspecified atom stereocenters. The highest BCUT2D eigenvalue weighted by atomic mass is 79.9. The number of nitrogen functional groups attached to an aromatic ring is 1. The number of aryl methyl sites for hydroxylation is 1. The van der Waals surface area contributed by atoms with Crippen LogP contribution in [-0.2, 0) is 7.05 Å². The van der Waals surface area contributed by atoms with Crippen LogP contribution in [0.25, 0.3) is 11.3 Å². The van der Waals surface area contributed by atoms with E-state index in [0.29, 0.717) is 17.3 Å². The van der Waals surface area contributed by atoms with Gasteiger partial charge in [-0.15, -0.1) is 0 Å². The largest absolute Gasteiger partial charge is 0.493 e. The molecule has 96 valence electrons. The number of hydrogen-bond acceptors (Lipinski definition) is 4. The van der Waals surface area contributed by atoms with Gasteiger partial charge in [-0.2, -0.15) is 5.10 Å². The maximum Gasteiger partial charge on any atom is 0.170 e. The topological polar surface area (TPSA) is 62.3 Å². The summed E-state index contributed by atoms with van der Waals surface area (Å²) in [5.74, 6) is 1.87. The van der Waals surface area contributed by atoms with E-state index in [-0.39, 0.29) is 0 Å². The zero-order valence-corrected chi connectivity index (χ0v) is 12.0. The second kappa shape index (κ2) is 4.89. The predicted molar refractivity (Wildman–Crippen MR) is 73.9 cm³/mol. The van der Waals surface area contributed by atoms with Gasteiger partial charge in [-0.25, -0.2) is 0 Å². The van der Waals surface area contributed by atoms with Crippen LogP contribution in [0.5, 0.6) is 11.5 Å². The van der Waals surface area contributed by atoms with Gasteiger partial charge in [-0.05, 0) is 12.1 Å². The van der Waals surface area contributed by atoms with Crippen LogP contribution in [0.4, 0.5) is 5.82 Å². The molecule has 0 saturated heterocycles. The molecular weight excluding hydrogens is 298 g/mol. The summed E-state index contributed by atoms with van der Waals surface area (Å²) in [5, 5.41) is 4.34. The zero-order valence-electron chi connectivity index (χ0n) is 10.4. The van der Waals surface area contributed by atoms with Crippen molar-refractivity contribution in [1.82, 2.24) is 9.78 Å². The Labute approximate surface area is 114 Å². The van der Waals surface area contributed by atoms with E-state index in [9.17, 15) is 0 Å². The number of anilines is 1. The van der Waals surface area contributed by atoms with Gasteiger partial charge in [-0.3, -0.25) is 4.68 Å². The number of nitrogens with zero attached hydrogens (tertiary/aromatic N) is 2. The molecule has 0 atom stereocenters. The number of rotatable bonds is 3. The molecule has 2 aromatic rings. The number of aromatic nitrogens is 2. The van der Waals surface area contributed by atoms with Gasteiger partial charge in [0.15, 0.2) is 11.5 Å². The summed E-state index contributed by atoms with van der Waals surface area (Å²) < 4.78 is 13.2. The lowest BCUT2D eigenvalue weighted by atomic mass is 10.1. The second-order valence-electron chi connectivity index (χ2n) is 3.77. The van der Waals surface area contributed by atoms with Crippen LogP contribution in [0.3, 0.4) is 0 Å². The first-order valence-electron chi connectivity index (χ1n) is 5.28. The molecule has 2 N–H and O–H groups in total. The average molecular weight is 312 g/mol. The lowest BCUT2D eigenvalue weighted by Gasteiger charge is -2.12. The quantitative estimate of drug-likeness (QED) is 0.945. The molecule has 0 aliphatic rings. The van der Waals surface area contributed by atoms with Gasteiger partial charge in [0.2, 0.25) is 0 Å². The standard InChI is InChI=1S/C12H14BrN3O2/c1-16-11(14)6-9(15-16)8-4-7(13)5-10(17-2)12(8)18-3/h4-6H,14H2,1-3H3. The van der Waals surface area contributed by atoms with Gasteiger partial charge < -0.3 is 15.2 Å². The maximum atomic E-state index is 5.79. The van der Waals surface area contributed by atoms with Crippen LogP contribution in [0.15, 0.2) is 22.7 Å². The number of ether oxygens (including phenoxy) is 2. The molecule has 1 heterocycles. The third-order valence-corrected chi connectivity index (χ3v) is 3.09. The SMILES string of the molecule is COc1cc(Br)cc(-c2cc(N)n(C)n2)c1OC. The Morgan fingerprint density at radius 2 is 1.94 bits per heavy atom. The summed E-state index contributed by atoms with van der Waals surface area (Å²) in [4.78, 5) is 0. The van der Waals surface area contributed by atoms with E-state index < -0.39 is 0 Å². The van der Waals surface area contributed by atoms with Crippen LogP contribution in [0.1, 0.15) is 0 Å². The number of nitrogens with two attached hydrogens (primary N) is 1. The predicted octanol–water partition coefficient (Wildman–Crippen LogP) is 2.45. The highest BCUT2D eigenvalue weighted by Gasteiger charge is 2.16. The zero-order chi connectivity index (χ0) is 13.3. The van der Waals surface area contributed by atoms with Crippen molar-refractivity contribution >= 4 is 21.7 Å². The molecule has 1 aromatic carbocycles. The van der Waals surface area contributed by atoms with Crippen molar-refractivity contribution in [2.24, 2.45) is 7.05 Å². The first kappa shape index (κ1) is 12.8. The molecule has 1 aromatic heterocycles. The molecule has 0 aliphatic heterocycles. The minimum Gasteiger partial charge on any atom is -0.493 e. The molecule has 2 rings (SSSR count). The first-order chi connectivity index (χ1) is 8.56. The average Bonchev–Trinajstić information content (AvgIpc) is 2.68. The Bertz CT molecular complexity index is 561. The molecule has 0 spiro atoms. The summed E-state index contributed by atoms with van der Waals surface area (Å²) >= 11 is 3.44. The smallest absolute Gasteiger partial charge is 0.170 e. The van der Waals surface area contributed by atoms with Crippen molar-refractivity contribution < 1.29 is 9.47 Å². The summed E-state index contributed by atoms with van der Waals surface area (Å²) in [7, 11) is 4.99. The number of halogens is 1. The van der Waals surface area contributed by atoms with Gasteiger partial charge in [0.25, 0.3) is 0 Å². The molecule has 0 aliphatic carbocycles. The van der Waals surface area contributed by atoms with Crippen molar-refractivity contribution in [3.05, 3.63) is 22.7 Å². The summed E-state index contributed by atoms with van der Waals surface area (Å²) in [5.41, 5.74) is 7.37. The van der Waals surface area contributed by atoms with Crippen molar-refractivity contribution in [3.8, 4) is 22.8 Å².